The van der Waals surface area contributed by atoms with Gasteiger partial charge in [-0.25, -0.2) is 6.57 Å². The molecule has 0 fully saturated rings. The number of nitrogens with zero attached hydrogens (tertiary/aromatic N) is 1. The normalized spacial score (nSPS) is 9.86. The van der Waals surface area contributed by atoms with Crippen LogP contribution in [0.2, 0.25) is 0 Å². The number of para-hydroxylation sites is 1. The fourth-order valence-corrected chi connectivity index (χ4v) is 1.26. The molecule has 0 aliphatic rings. The first-order valence-electron chi connectivity index (χ1n) is 4.82. The Bertz CT molecular complexity index is 325. The molecule has 2 nitrogen and oxygen atoms in total. The second kappa shape index (κ2) is 5.29. The Morgan fingerprint density at radius 3 is 2.71 bits per heavy atom. The lowest BCUT2D eigenvalue weighted by molar-refractivity contribution is 0.240. The fourth-order valence-electron chi connectivity index (χ4n) is 1.26. The van der Waals surface area contributed by atoms with Crippen molar-refractivity contribution in [2.45, 2.75) is 26.4 Å². The van der Waals surface area contributed by atoms with Crippen molar-refractivity contribution in [2.75, 3.05) is 6.54 Å². The summed E-state index contributed by atoms with van der Waals surface area (Å²) in [6.07, 6.45) is 0.955. The van der Waals surface area contributed by atoms with Crippen LogP contribution in [0.15, 0.2) is 24.3 Å². The van der Waals surface area contributed by atoms with Crippen molar-refractivity contribution in [1.82, 2.24) is 0 Å². The van der Waals surface area contributed by atoms with Gasteiger partial charge in [0.2, 0.25) is 6.54 Å². The minimum absolute atomic E-state index is 0.184. The van der Waals surface area contributed by atoms with E-state index in [0.717, 1.165) is 17.7 Å². The smallest absolute Gasteiger partial charge is 0.218 e. The van der Waals surface area contributed by atoms with E-state index in [-0.39, 0.29) is 6.10 Å². The molecule has 0 saturated heterocycles. The topological polar surface area (TPSA) is 13.6 Å². The highest BCUT2D eigenvalue weighted by Crippen LogP contribution is 2.19. The van der Waals surface area contributed by atoms with E-state index in [4.69, 9.17) is 11.3 Å². The van der Waals surface area contributed by atoms with Gasteiger partial charge in [-0.15, -0.1) is 0 Å². The maximum Gasteiger partial charge on any atom is 0.218 e. The summed E-state index contributed by atoms with van der Waals surface area (Å²) >= 11 is 0. The molecule has 0 aliphatic heterocycles. The summed E-state index contributed by atoms with van der Waals surface area (Å²) in [6, 6.07) is 7.91. The van der Waals surface area contributed by atoms with Crippen molar-refractivity contribution in [3.63, 3.8) is 0 Å². The molecule has 1 aromatic carbocycles. The summed E-state index contributed by atoms with van der Waals surface area (Å²) in [6.45, 7) is 11.3. The van der Waals surface area contributed by atoms with Gasteiger partial charge in [0.25, 0.3) is 0 Å². The molecule has 0 bridgehead atoms. The molecule has 0 aliphatic carbocycles. The number of rotatable bonds is 4. The van der Waals surface area contributed by atoms with Crippen LogP contribution in [0.25, 0.3) is 4.85 Å². The highest BCUT2D eigenvalue weighted by Gasteiger charge is 2.05. The molecule has 2 heteroatoms. The van der Waals surface area contributed by atoms with E-state index in [0.29, 0.717) is 6.54 Å². The first-order valence-corrected chi connectivity index (χ1v) is 4.82. The lowest BCUT2D eigenvalue weighted by Gasteiger charge is -2.12. The van der Waals surface area contributed by atoms with Crippen LogP contribution < -0.4 is 4.74 Å². The zero-order chi connectivity index (χ0) is 10.4. The maximum absolute atomic E-state index is 6.75. The van der Waals surface area contributed by atoms with Gasteiger partial charge in [0.05, 0.1) is 6.10 Å². The zero-order valence-electron chi connectivity index (χ0n) is 8.66. The third kappa shape index (κ3) is 3.10. The molecule has 0 heterocycles. The second-order valence-electron chi connectivity index (χ2n) is 3.41. The standard InChI is InChI=1S/C12H15NO/c1-10(2)14-12-7-5-4-6-11(12)8-9-13-3/h4-7,10H,8-9H2,1-2H3. The Morgan fingerprint density at radius 2 is 2.07 bits per heavy atom. The van der Waals surface area contributed by atoms with E-state index in [1.54, 1.807) is 0 Å². The van der Waals surface area contributed by atoms with Crippen molar-refractivity contribution in [3.05, 3.63) is 41.2 Å². The highest BCUT2D eigenvalue weighted by atomic mass is 16.5. The quantitative estimate of drug-likeness (QED) is 0.664. The van der Waals surface area contributed by atoms with E-state index in [9.17, 15) is 0 Å². The zero-order valence-corrected chi connectivity index (χ0v) is 8.66. The van der Waals surface area contributed by atoms with Crippen LogP contribution in [-0.4, -0.2) is 12.6 Å². The minimum Gasteiger partial charge on any atom is -0.491 e. The van der Waals surface area contributed by atoms with E-state index >= 15 is 0 Å². The van der Waals surface area contributed by atoms with Crippen molar-refractivity contribution >= 4 is 0 Å². The Labute approximate surface area is 85.3 Å². The van der Waals surface area contributed by atoms with Gasteiger partial charge in [0, 0.05) is 12.0 Å². The van der Waals surface area contributed by atoms with Crippen LogP contribution >= 0.6 is 0 Å². The largest absolute Gasteiger partial charge is 0.491 e. The molecule has 74 valence electrons. The predicted octanol–water partition coefficient (Wildman–Crippen LogP) is 2.94. The van der Waals surface area contributed by atoms with E-state index in [1.165, 1.54) is 0 Å². The van der Waals surface area contributed by atoms with Gasteiger partial charge in [-0.1, -0.05) is 18.2 Å². The molecule has 0 atom stereocenters. The van der Waals surface area contributed by atoms with Gasteiger partial charge in [-0.3, -0.25) is 0 Å². The summed E-state index contributed by atoms with van der Waals surface area (Å²) in [5.74, 6) is 0.908. The summed E-state index contributed by atoms with van der Waals surface area (Å²) in [7, 11) is 0. The molecule has 1 rings (SSSR count). The molecule has 0 unspecified atom stereocenters. The molecule has 0 amide bonds. The maximum atomic E-state index is 6.75. The van der Waals surface area contributed by atoms with Crippen molar-refractivity contribution < 1.29 is 4.74 Å². The summed E-state index contributed by atoms with van der Waals surface area (Å²) in [4.78, 5) is 3.35. The van der Waals surface area contributed by atoms with Gasteiger partial charge in [0.15, 0.2) is 0 Å². The Balaban J connectivity index is 2.76. The molecule has 0 aromatic heterocycles. The van der Waals surface area contributed by atoms with Crippen molar-refractivity contribution in [1.29, 1.82) is 0 Å². The minimum atomic E-state index is 0.184. The monoisotopic (exact) mass is 189 g/mol. The molecular formula is C12H15NO. The lowest BCUT2D eigenvalue weighted by atomic mass is 10.1. The second-order valence-corrected chi connectivity index (χ2v) is 3.41. The first kappa shape index (κ1) is 10.6. The molecule has 0 N–H and O–H groups in total. The summed E-state index contributed by atoms with van der Waals surface area (Å²) in [5, 5.41) is 0. The molecule has 0 spiro atoms. The SMILES string of the molecule is [C-]#[N+]CCc1ccccc1OC(C)C. The van der Waals surface area contributed by atoms with Gasteiger partial charge >= 0.3 is 0 Å². The van der Waals surface area contributed by atoms with Crippen LogP contribution in [-0.2, 0) is 6.42 Å². The Kier molecular flexibility index (Phi) is 4.00. The lowest BCUT2D eigenvalue weighted by Crippen LogP contribution is -2.07. The first-order chi connectivity index (χ1) is 6.74. The van der Waals surface area contributed by atoms with Crippen LogP contribution in [0.5, 0.6) is 5.75 Å². The number of ether oxygens (including phenoxy) is 1. The Morgan fingerprint density at radius 1 is 1.36 bits per heavy atom. The van der Waals surface area contributed by atoms with Gasteiger partial charge in [-0.05, 0) is 19.9 Å². The number of benzene rings is 1. The van der Waals surface area contributed by atoms with Crippen LogP contribution in [0.1, 0.15) is 19.4 Å². The van der Waals surface area contributed by atoms with Gasteiger partial charge in [-0.2, -0.15) is 0 Å². The predicted molar refractivity (Wildman–Crippen MR) is 57.4 cm³/mol. The third-order valence-corrected chi connectivity index (χ3v) is 1.83. The molecule has 0 saturated carbocycles. The molecule has 14 heavy (non-hydrogen) atoms. The van der Waals surface area contributed by atoms with Gasteiger partial charge in [0.1, 0.15) is 5.75 Å². The number of hydrogen-bond donors (Lipinski definition) is 0. The average molecular weight is 189 g/mol. The van der Waals surface area contributed by atoms with Crippen LogP contribution in [0.4, 0.5) is 0 Å². The highest BCUT2D eigenvalue weighted by molar-refractivity contribution is 5.33. The molecule has 0 radical (unpaired) electrons. The van der Waals surface area contributed by atoms with Crippen molar-refractivity contribution in [2.24, 2.45) is 0 Å². The average Bonchev–Trinajstić information content (AvgIpc) is 2.16. The molecular weight excluding hydrogens is 174 g/mol. The summed E-state index contributed by atoms with van der Waals surface area (Å²) in [5.41, 5.74) is 1.12. The van der Waals surface area contributed by atoms with Crippen LogP contribution in [0.3, 0.4) is 0 Å². The Hall–Kier alpha value is -1.49. The third-order valence-electron chi connectivity index (χ3n) is 1.83. The molecule has 1 aromatic rings. The van der Waals surface area contributed by atoms with E-state index in [1.807, 2.05) is 38.1 Å². The van der Waals surface area contributed by atoms with E-state index in [2.05, 4.69) is 4.85 Å². The fraction of sp³-hybridized carbons (Fsp3) is 0.417. The summed E-state index contributed by atoms with van der Waals surface area (Å²) < 4.78 is 5.64. The van der Waals surface area contributed by atoms with E-state index < -0.39 is 0 Å². The number of hydrogen-bond acceptors (Lipinski definition) is 1. The van der Waals surface area contributed by atoms with Crippen LogP contribution in [0, 0.1) is 6.57 Å². The van der Waals surface area contributed by atoms with Crippen molar-refractivity contribution in [3.8, 4) is 5.75 Å². The van der Waals surface area contributed by atoms with Gasteiger partial charge < -0.3 is 9.58 Å².